The fourth-order valence-electron chi connectivity index (χ4n) is 12.2. The number of amidine groups is 1. The Morgan fingerprint density at radius 2 is 1.03 bits per heavy atom. The van der Waals surface area contributed by atoms with Crippen LogP contribution in [0.3, 0.4) is 0 Å². The van der Waals surface area contributed by atoms with Crippen molar-refractivity contribution in [3.05, 3.63) is 253 Å². The number of para-hydroxylation sites is 3. The van der Waals surface area contributed by atoms with E-state index in [0.717, 1.165) is 110 Å². The maximum absolute atomic E-state index is 5.45. The van der Waals surface area contributed by atoms with Crippen molar-refractivity contribution >= 4 is 38.5 Å². The number of benzene rings is 8. The molecule has 8 aromatic carbocycles. The van der Waals surface area contributed by atoms with Gasteiger partial charge in [0.1, 0.15) is 5.84 Å². The minimum absolute atomic E-state index is 0.205. The summed E-state index contributed by atoms with van der Waals surface area (Å²) in [6.45, 7) is 0. The zero-order chi connectivity index (χ0) is 48.7. The van der Waals surface area contributed by atoms with Crippen molar-refractivity contribution in [1.82, 2.24) is 24.4 Å². The van der Waals surface area contributed by atoms with E-state index in [1.807, 2.05) is 6.07 Å². The molecule has 0 fully saturated rings. The molecule has 0 saturated heterocycles. The Balaban J connectivity index is 0.952. The van der Waals surface area contributed by atoms with E-state index in [9.17, 15) is 0 Å². The fourth-order valence-corrected chi connectivity index (χ4v) is 12.2. The molecule has 0 bridgehead atoms. The molecule has 1 unspecified atom stereocenters. The second kappa shape index (κ2) is 17.1. The summed E-state index contributed by atoms with van der Waals surface area (Å²) < 4.78 is 4.98. The van der Waals surface area contributed by atoms with Crippen LogP contribution in [0.15, 0.2) is 252 Å². The third kappa shape index (κ3) is 6.68. The summed E-state index contributed by atoms with van der Waals surface area (Å²) >= 11 is 0. The largest absolute Gasteiger partial charge is 0.363 e. The zero-order valence-electron chi connectivity index (χ0n) is 40.6. The normalized spacial score (nSPS) is 15.6. The van der Waals surface area contributed by atoms with Crippen molar-refractivity contribution in [2.24, 2.45) is 4.99 Å². The van der Waals surface area contributed by atoms with Gasteiger partial charge in [-0.2, -0.15) is 0 Å². The highest BCUT2D eigenvalue weighted by atomic mass is 15.1. The van der Waals surface area contributed by atoms with Crippen LogP contribution in [-0.2, 0) is 0 Å². The van der Waals surface area contributed by atoms with Crippen molar-refractivity contribution in [1.29, 1.82) is 0 Å². The summed E-state index contributed by atoms with van der Waals surface area (Å²) in [6, 6.07) is 72.7. The van der Waals surface area contributed by atoms with E-state index in [4.69, 9.17) is 15.0 Å². The smallest absolute Gasteiger partial charge is 0.160 e. The first kappa shape index (κ1) is 42.3. The molecule has 0 spiro atoms. The Kier molecular flexibility index (Phi) is 9.80. The summed E-state index contributed by atoms with van der Waals surface area (Å²) in [5.74, 6) is 1.61. The molecular formula is C68H48N6. The standard InChI is InChI=1S/C68H48N6/c1-3-21-43(22-4-1)63-53-33-11-15-37-57(53)69-67(71-63)45-25-19-27-47(41-45)73-59-39-17-13-35-55(59)61-50-30-8-10-32-52(50)66-62(49-29-7-9-31-51(49)65(61)73)56-36-14-18-40-60(56)74(66)48-28-20-26-46(42-48)68-70-58-38-16-12-34-54(58)64(72-68)44-23-5-2-6-24-44/h1,3-5,7-15,17-37,39-42,58H,2,6,16,38H2,(H,70,72). The Morgan fingerprint density at radius 1 is 0.459 bits per heavy atom. The summed E-state index contributed by atoms with van der Waals surface area (Å²) in [4.78, 5) is 16.0. The van der Waals surface area contributed by atoms with Gasteiger partial charge >= 0.3 is 0 Å². The number of nitrogens with zero attached hydrogens (tertiary/aromatic N) is 5. The lowest BCUT2D eigenvalue weighted by molar-refractivity contribution is 0.618. The Labute approximate surface area is 429 Å². The van der Waals surface area contributed by atoms with Gasteiger partial charge in [-0.15, -0.1) is 0 Å². The van der Waals surface area contributed by atoms with Crippen LogP contribution in [0, 0.1) is 0 Å². The number of allylic oxidation sites excluding steroid dienone is 4. The molecule has 15 rings (SSSR count). The van der Waals surface area contributed by atoms with Crippen molar-refractivity contribution in [3.8, 4) is 78.8 Å². The van der Waals surface area contributed by atoms with Crippen molar-refractivity contribution < 1.29 is 0 Å². The van der Waals surface area contributed by atoms with Crippen molar-refractivity contribution in [3.63, 3.8) is 0 Å². The molecule has 11 aromatic rings. The zero-order valence-corrected chi connectivity index (χ0v) is 40.6. The summed E-state index contributed by atoms with van der Waals surface area (Å²) in [5, 5.41) is 7.31. The predicted octanol–water partition coefficient (Wildman–Crippen LogP) is 16.4. The minimum Gasteiger partial charge on any atom is -0.363 e. The molecule has 0 saturated carbocycles. The average Bonchev–Trinajstić information content (AvgIpc) is 4.00. The number of aliphatic imine (C=N–C) groups is 1. The highest BCUT2D eigenvalue weighted by Crippen LogP contribution is 2.55. The molecule has 6 heteroatoms. The van der Waals surface area contributed by atoms with Crippen LogP contribution in [0.5, 0.6) is 0 Å². The third-order valence-electron chi connectivity index (χ3n) is 15.4. The maximum Gasteiger partial charge on any atom is 0.160 e. The first-order valence-electron chi connectivity index (χ1n) is 25.9. The van der Waals surface area contributed by atoms with E-state index in [-0.39, 0.29) is 6.04 Å². The fraction of sp³-hybridized carbons (Fsp3) is 0.0735. The molecule has 3 aliphatic carbocycles. The third-order valence-corrected chi connectivity index (χ3v) is 15.4. The number of hydrogen-bond acceptors (Lipinski definition) is 4. The lowest BCUT2D eigenvalue weighted by Gasteiger charge is -2.31. The topological polar surface area (TPSA) is 60.0 Å². The van der Waals surface area contributed by atoms with Crippen LogP contribution in [0.2, 0.25) is 0 Å². The van der Waals surface area contributed by atoms with E-state index in [2.05, 4.69) is 239 Å². The molecule has 74 heavy (non-hydrogen) atoms. The summed E-state index contributed by atoms with van der Waals surface area (Å²) in [6.07, 6.45) is 15.7. The van der Waals surface area contributed by atoms with Gasteiger partial charge in [-0.05, 0) is 84.8 Å². The Bertz CT molecular complexity index is 4280. The van der Waals surface area contributed by atoms with Crippen molar-refractivity contribution in [2.45, 2.75) is 31.7 Å². The number of hydrogen-bond donors (Lipinski definition) is 1. The van der Waals surface area contributed by atoms with Crippen LogP contribution in [0.4, 0.5) is 0 Å². The van der Waals surface area contributed by atoms with Crippen LogP contribution < -0.4 is 5.32 Å². The van der Waals surface area contributed by atoms with Gasteiger partial charge in [0.15, 0.2) is 5.82 Å². The van der Waals surface area contributed by atoms with E-state index in [1.165, 1.54) is 49.7 Å². The molecule has 1 aliphatic heterocycles. The van der Waals surface area contributed by atoms with E-state index in [1.54, 1.807) is 0 Å². The van der Waals surface area contributed by atoms with Crippen molar-refractivity contribution in [2.75, 3.05) is 0 Å². The quantitative estimate of drug-likeness (QED) is 0.181. The minimum atomic E-state index is 0.205. The first-order chi connectivity index (χ1) is 36.7. The SMILES string of the molecule is C1=CC(C2=C3C=CCCC3NC(c3cccc(-n4c5c(c6ccccc64)-c4ccccc4-c4c(c6ccccc6n4-c4cccc(-c6nc(-c7ccccc7)c7ccccc7n6)c4)-c4ccccc4-5)c3)=N2)=CCC1. The molecule has 350 valence electrons. The van der Waals surface area contributed by atoms with E-state index in [0.29, 0.717) is 5.82 Å². The number of nitrogens with one attached hydrogen (secondary N) is 1. The van der Waals surface area contributed by atoms with Gasteiger partial charge in [-0.1, -0.05) is 188 Å². The molecule has 6 nitrogen and oxygen atoms in total. The highest BCUT2D eigenvalue weighted by molar-refractivity contribution is 6.17. The second-order valence-corrected chi connectivity index (χ2v) is 19.7. The molecule has 4 aliphatic rings. The predicted molar refractivity (Wildman–Crippen MR) is 305 cm³/mol. The highest BCUT2D eigenvalue weighted by Gasteiger charge is 2.33. The lowest BCUT2D eigenvalue weighted by Crippen LogP contribution is -2.41. The van der Waals surface area contributed by atoms with Gasteiger partial charge in [0, 0.05) is 72.1 Å². The molecule has 0 amide bonds. The first-order valence-corrected chi connectivity index (χ1v) is 25.9. The number of rotatable bonds is 6. The number of fused-ring (bicyclic) bond motifs is 14. The molecule has 3 aromatic heterocycles. The van der Waals surface area contributed by atoms with Gasteiger partial charge < -0.3 is 14.5 Å². The summed E-state index contributed by atoms with van der Waals surface area (Å²) in [5.41, 5.74) is 22.3. The van der Waals surface area contributed by atoms with Gasteiger partial charge in [0.25, 0.3) is 0 Å². The average molecular weight is 949 g/mol. The summed E-state index contributed by atoms with van der Waals surface area (Å²) in [7, 11) is 0. The van der Waals surface area contributed by atoms with Gasteiger partial charge in [0.05, 0.1) is 45.4 Å². The molecule has 1 atom stereocenters. The van der Waals surface area contributed by atoms with Crippen LogP contribution in [-0.4, -0.2) is 31.0 Å². The lowest BCUT2D eigenvalue weighted by atomic mass is 9.84. The second-order valence-electron chi connectivity index (χ2n) is 19.7. The Morgan fingerprint density at radius 3 is 1.70 bits per heavy atom. The van der Waals surface area contributed by atoms with Crippen LogP contribution >= 0.6 is 0 Å². The van der Waals surface area contributed by atoms with E-state index < -0.39 is 0 Å². The number of aromatic nitrogens is 4. The maximum atomic E-state index is 5.45. The van der Waals surface area contributed by atoms with Gasteiger partial charge in [-0.3, -0.25) is 0 Å². The monoisotopic (exact) mass is 948 g/mol. The molecule has 4 heterocycles. The Hall–Kier alpha value is -9.39. The molecular weight excluding hydrogens is 901 g/mol. The van der Waals surface area contributed by atoms with Gasteiger partial charge in [-0.25, -0.2) is 15.0 Å². The van der Waals surface area contributed by atoms with Crippen LogP contribution in [0.1, 0.15) is 31.2 Å². The van der Waals surface area contributed by atoms with Crippen LogP contribution in [0.25, 0.3) is 111 Å². The molecule has 1 N–H and O–H groups in total. The molecule has 0 radical (unpaired) electrons. The van der Waals surface area contributed by atoms with E-state index >= 15 is 0 Å². The van der Waals surface area contributed by atoms with Gasteiger partial charge in [0.2, 0.25) is 0 Å².